The molecule has 1 aromatic heterocycles. The van der Waals surface area contributed by atoms with Crippen LogP contribution in [0, 0.1) is 0 Å². The standard InChI is InChI=1S/C18H13ClO5/c1-10(18(21)22)23-17-15(20)12-7-3-5-9-14(12)24-16(17)11-6-2-4-8-13(11)19/h2-10H,1H3,(H,21,22). The minimum Gasteiger partial charge on any atom is -0.479 e. The highest BCUT2D eigenvalue weighted by Crippen LogP contribution is 2.35. The fourth-order valence-electron chi connectivity index (χ4n) is 2.28. The summed E-state index contributed by atoms with van der Waals surface area (Å²) in [4.78, 5) is 23.9. The Morgan fingerprint density at radius 1 is 1.17 bits per heavy atom. The lowest BCUT2D eigenvalue weighted by Crippen LogP contribution is -2.26. The molecule has 5 nitrogen and oxygen atoms in total. The summed E-state index contributed by atoms with van der Waals surface area (Å²) in [6.45, 7) is 1.34. The molecular weight excluding hydrogens is 332 g/mol. The Kier molecular flexibility index (Phi) is 4.27. The summed E-state index contributed by atoms with van der Waals surface area (Å²) in [7, 11) is 0. The number of rotatable bonds is 4. The first-order valence-corrected chi connectivity index (χ1v) is 7.57. The van der Waals surface area contributed by atoms with Gasteiger partial charge in [-0.15, -0.1) is 0 Å². The molecule has 24 heavy (non-hydrogen) atoms. The SMILES string of the molecule is CC(Oc1c(-c2ccccc2Cl)oc2ccccc2c1=O)C(=O)O. The van der Waals surface area contributed by atoms with Crippen molar-refractivity contribution in [3.8, 4) is 17.1 Å². The highest BCUT2D eigenvalue weighted by atomic mass is 35.5. The van der Waals surface area contributed by atoms with Crippen LogP contribution in [-0.4, -0.2) is 17.2 Å². The monoisotopic (exact) mass is 344 g/mol. The summed E-state index contributed by atoms with van der Waals surface area (Å²) in [5, 5.41) is 9.75. The highest BCUT2D eigenvalue weighted by molar-refractivity contribution is 6.33. The van der Waals surface area contributed by atoms with Gasteiger partial charge >= 0.3 is 5.97 Å². The number of aliphatic carboxylic acids is 1. The first kappa shape index (κ1) is 16.1. The fourth-order valence-corrected chi connectivity index (χ4v) is 2.50. The van der Waals surface area contributed by atoms with Gasteiger partial charge in [-0.2, -0.15) is 0 Å². The van der Waals surface area contributed by atoms with E-state index in [9.17, 15) is 9.59 Å². The second-order valence-corrected chi connectivity index (χ2v) is 5.57. The van der Waals surface area contributed by atoms with Crippen LogP contribution >= 0.6 is 11.6 Å². The van der Waals surface area contributed by atoms with Crippen molar-refractivity contribution in [2.45, 2.75) is 13.0 Å². The lowest BCUT2D eigenvalue weighted by Gasteiger charge is -2.14. The third kappa shape index (κ3) is 2.86. The number of carboxylic acid groups (broad SMARTS) is 1. The number of carboxylic acids is 1. The van der Waals surface area contributed by atoms with E-state index < -0.39 is 17.5 Å². The molecule has 0 bridgehead atoms. The topological polar surface area (TPSA) is 76.7 Å². The van der Waals surface area contributed by atoms with E-state index in [0.717, 1.165) is 0 Å². The number of para-hydroxylation sites is 1. The van der Waals surface area contributed by atoms with Crippen LogP contribution in [0.15, 0.2) is 57.7 Å². The molecule has 3 rings (SSSR count). The van der Waals surface area contributed by atoms with Crippen LogP contribution in [-0.2, 0) is 4.79 Å². The van der Waals surface area contributed by atoms with Crippen LogP contribution in [0.1, 0.15) is 6.92 Å². The quantitative estimate of drug-likeness (QED) is 0.775. The van der Waals surface area contributed by atoms with Gasteiger partial charge in [-0.1, -0.05) is 35.9 Å². The molecule has 0 saturated heterocycles. The Hall–Kier alpha value is -2.79. The van der Waals surface area contributed by atoms with Crippen LogP contribution in [0.4, 0.5) is 0 Å². The van der Waals surface area contributed by atoms with Gasteiger partial charge in [0, 0.05) is 5.56 Å². The summed E-state index contributed by atoms with van der Waals surface area (Å²) >= 11 is 6.20. The van der Waals surface area contributed by atoms with Crippen LogP contribution in [0.25, 0.3) is 22.3 Å². The molecule has 1 unspecified atom stereocenters. The number of carbonyl (C=O) groups is 1. The largest absolute Gasteiger partial charge is 0.479 e. The summed E-state index contributed by atoms with van der Waals surface area (Å²) in [5.74, 6) is -1.25. The molecule has 1 heterocycles. The van der Waals surface area contributed by atoms with Crippen molar-refractivity contribution in [1.82, 2.24) is 0 Å². The van der Waals surface area contributed by atoms with Crippen molar-refractivity contribution in [2.75, 3.05) is 0 Å². The summed E-state index contributed by atoms with van der Waals surface area (Å²) < 4.78 is 11.2. The lowest BCUT2D eigenvalue weighted by molar-refractivity contribution is -0.144. The van der Waals surface area contributed by atoms with Gasteiger partial charge in [-0.25, -0.2) is 4.79 Å². The van der Waals surface area contributed by atoms with Gasteiger partial charge in [0.2, 0.25) is 11.2 Å². The fraction of sp³-hybridized carbons (Fsp3) is 0.111. The number of fused-ring (bicyclic) bond motifs is 1. The maximum absolute atomic E-state index is 12.8. The van der Waals surface area contributed by atoms with Gasteiger partial charge in [0.1, 0.15) is 5.58 Å². The molecule has 0 aliphatic carbocycles. The van der Waals surface area contributed by atoms with Crippen LogP contribution < -0.4 is 10.2 Å². The molecule has 2 aromatic carbocycles. The number of ether oxygens (including phenoxy) is 1. The van der Waals surface area contributed by atoms with E-state index >= 15 is 0 Å². The van der Waals surface area contributed by atoms with Gasteiger partial charge in [0.25, 0.3) is 0 Å². The molecule has 0 aliphatic heterocycles. The minimum absolute atomic E-state index is 0.109. The van der Waals surface area contributed by atoms with Gasteiger partial charge in [-0.3, -0.25) is 4.79 Å². The molecule has 1 N–H and O–H groups in total. The third-order valence-corrected chi connectivity index (χ3v) is 3.85. The molecule has 0 amide bonds. The van der Waals surface area contributed by atoms with E-state index in [1.54, 1.807) is 48.5 Å². The molecule has 3 aromatic rings. The van der Waals surface area contributed by atoms with Gasteiger partial charge in [0.15, 0.2) is 11.9 Å². The molecule has 0 saturated carbocycles. The number of hydrogen-bond donors (Lipinski definition) is 1. The summed E-state index contributed by atoms with van der Waals surface area (Å²) in [5.41, 5.74) is 0.377. The lowest BCUT2D eigenvalue weighted by atomic mass is 10.1. The van der Waals surface area contributed by atoms with E-state index in [0.29, 0.717) is 21.6 Å². The van der Waals surface area contributed by atoms with Crippen molar-refractivity contribution in [1.29, 1.82) is 0 Å². The van der Waals surface area contributed by atoms with Crippen LogP contribution in [0.3, 0.4) is 0 Å². The van der Waals surface area contributed by atoms with E-state index in [-0.39, 0.29) is 11.5 Å². The molecular formula is C18H13ClO5. The predicted octanol–water partition coefficient (Wildman–Crippen LogP) is 3.97. The van der Waals surface area contributed by atoms with E-state index in [1.807, 2.05) is 0 Å². The van der Waals surface area contributed by atoms with E-state index in [2.05, 4.69) is 0 Å². The Labute approximate surface area is 142 Å². The van der Waals surface area contributed by atoms with Gasteiger partial charge in [-0.05, 0) is 31.2 Å². The molecule has 122 valence electrons. The van der Waals surface area contributed by atoms with Crippen molar-refractivity contribution >= 4 is 28.5 Å². The van der Waals surface area contributed by atoms with Crippen molar-refractivity contribution < 1.29 is 19.1 Å². The average molecular weight is 345 g/mol. The maximum Gasteiger partial charge on any atom is 0.344 e. The Morgan fingerprint density at radius 2 is 1.83 bits per heavy atom. The van der Waals surface area contributed by atoms with Crippen LogP contribution in [0.5, 0.6) is 5.75 Å². The van der Waals surface area contributed by atoms with Crippen molar-refractivity contribution in [3.63, 3.8) is 0 Å². The van der Waals surface area contributed by atoms with Crippen LogP contribution in [0.2, 0.25) is 5.02 Å². The van der Waals surface area contributed by atoms with Gasteiger partial charge < -0.3 is 14.3 Å². The summed E-state index contributed by atoms with van der Waals surface area (Å²) in [6.07, 6.45) is -1.21. The predicted molar refractivity (Wildman–Crippen MR) is 90.7 cm³/mol. The molecule has 6 heteroatoms. The zero-order valence-corrected chi connectivity index (χ0v) is 13.4. The molecule has 0 spiro atoms. The smallest absolute Gasteiger partial charge is 0.344 e. The molecule has 0 fully saturated rings. The Morgan fingerprint density at radius 3 is 2.54 bits per heavy atom. The van der Waals surface area contributed by atoms with Crippen molar-refractivity contribution in [3.05, 3.63) is 63.8 Å². The first-order chi connectivity index (χ1) is 11.5. The first-order valence-electron chi connectivity index (χ1n) is 7.19. The Bertz CT molecular complexity index is 977. The van der Waals surface area contributed by atoms with Gasteiger partial charge in [0.05, 0.1) is 10.4 Å². The average Bonchev–Trinajstić information content (AvgIpc) is 2.57. The third-order valence-electron chi connectivity index (χ3n) is 3.52. The minimum atomic E-state index is -1.21. The highest BCUT2D eigenvalue weighted by Gasteiger charge is 2.23. The Balaban J connectivity index is 2.32. The number of halogens is 1. The zero-order chi connectivity index (χ0) is 17.3. The normalized spacial score (nSPS) is 12.1. The van der Waals surface area contributed by atoms with E-state index in [4.69, 9.17) is 25.9 Å². The number of benzene rings is 2. The zero-order valence-electron chi connectivity index (χ0n) is 12.7. The summed E-state index contributed by atoms with van der Waals surface area (Å²) in [6, 6.07) is 13.5. The van der Waals surface area contributed by atoms with Crippen molar-refractivity contribution in [2.24, 2.45) is 0 Å². The molecule has 1 atom stereocenters. The van der Waals surface area contributed by atoms with E-state index in [1.165, 1.54) is 6.92 Å². The second kappa shape index (κ2) is 6.37. The molecule has 0 radical (unpaired) electrons. The number of hydrogen-bond acceptors (Lipinski definition) is 4. The maximum atomic E-state index is 12.8. The molecule has 0 aliphatic rings. The second-order valence-electron chi connectivity index (χ2n) is 5.16.